The molecule has 1 unspecified atom stereocenters. The summed E-state index contributed by atoms with van der Waals surface area (Å²) in [7, 11) is 0. The number of rotatable bonds is 4. The van der Waals surface area contributed by atoms with Crippen molar-refractivity contribution in [3.05, 3.63) is 17.1 Å². The molecule has 1 fully saturated rings. The Morgan fingerprint density at radius 2 is 1.90 bits per heavy atom. The summed E-state index contributed by atoms with van der Waals surface area (Å²) in [6.45, 7) is 7.87. The van der Waals surface area contributed by atoms with Crippen LogP contribution in [0.4, 0.5) is 5.82 Å². The Labute approximate surface area is 122 Å². The fourth-order valence-corrected chi connectivity index (χ4v) is 3.24. The fourth-order valence-electron chi connectivity index (χ4n) is 3.24. The van der Waals surface area contributed by atoms with E-state index in [1.165, 1.54) is 36.9 Å². The van der Waals surface area contributed by atoms with Gasteiger partial charge in [0.2, 0.25) is 0 Å². The first-order valence-corrected chi connectivity index (χ1v) is 8.25. The summed E-state index contributed by atoms with van der Waals surface area (Å²) in [5.41, 5.74) is 3.13. The topological polar surface area (TPSA) is 37.8 Å². The molecule has 0 aromatic carbocycles. The summed E-state index contributed by atoms with van der Waals surface area (Å²) < 4.78 is 0. The van der Waals surface area contributed by atoms with E-state index in [2.05, 4.69) is 26.1 Å². The number of aryl methyl sites for hydroxylation is 1. The Kier molecular flexibility index (Phi) is 3.70. The third-order valence-electron chi connectivity index (χ3n) is 4.82. The van der Waals surface area contributed by atoms with Crippen molar-refractivity contribution in [1.29, 1.82) is 0 Å². The van der Waals surface area contributed by atoms with Crippen molar-refractivity contribution in [3.8, 4) is 0 Å². The first-order chi connectivity index (χ1) is 9.62. The Morgan fingerprint density at radius 3 is 2.60 bits per heavy atom. The van der Waals surface area contributed by atoms with E-state index in [-0.39, 0.29) is 0 Å². The number of nitrogens with one attached hydrogen (secondary N) is 1. The van der Waals surface area contributed by atoms with E-state index >= 15 is 0 Å². The maximum absolute atomic E-state index is 4.95. The van der Waals surface area contributed by atoms with E-state index in [9.17, 15) is 0 Å². The summed E-state index contributed by atoms with van der Waals surface area (Å²) in [6.07, 6.45) is 8.56. The molecular weight excluding hydrogens is 246 g/mol. The molecule has 1 atom stereocenters. The zero-order valence-corrected chi connectivity index (χ0v) is 13.1. The van der Waals surface area contributed by atoms with E-state index < -0.39 is 0 Å². The molecule has 0 radical (unpaired) electrons. The zero-order chi connectivity index (χ0) is 14.2. The number of aromatic nitrogens is 2. The Morgan fingerprint density at radius 1 is 1.15 bits per heavy atom. The first-order valence-electron chi connectivity index (χ1n) is 8.25. The summed E-state index contributed by atoms with van der Waals surface area (Å²) >= 11 is 0. The largest absolute Gasteiger partial charge is 0.370 e. The molecule has 3 heteroatoms. The van der Waals surface area contributed by atoms with Crippen LogP contribution in [0.25, 0.3) is 0 Å². The zero-order valence-electron chi connectivity index (χ0n) is 13.1. The molecule has 1 aromatic heterocycles. The lowest BCUT2D eigenvalue weighted by Gasteiger charge is -2.15. The molecule has 110 valence electrons. The molecule has 0 saturated heterocycles. The highest BCUT2D eigenvalue weighted by Gasteiger charge is 2.48. The number of hydrogen-bond donors (Lipinski definition) is 1. The standard InChI is InChI=1S/C17H27N3/c1-4-10-18-15-12-8-6-5-7-9-14(12)19-16(20-15)13-11-17(13,2)3/h13H,4-11H2,1-3H3,(H,18,19,20). The van der Waals surface area contributed by atoms with Gasteiger partial charge in [-0.2, -0.15) is 0 Å². The van der Waals surface area contributed by atoms with E-state index in [1.807, 2.05) is 0 Å². The van der Waals surface area contributed by atoms with Crippen molar-refractivity contribution in [3.63, 3.8) is 0 Å². The minimum atomic E-state index is 0.404. The normalized spacial score (nSPS) is 23.9. The number of hydrogen-bond acceptors (Lipinski definition) is 3. The van der Waals surface area contributed by atoms with Crippen LogP contribution in [-0.4, -0.2) is 16.5 Å². The lowest BCUT2D eigenvalue weighted by Crippen LogP contribution is -2.12. The highest BCUT2D eigenvalue weighted by Crippen LogP contribution is 2.57. The van der Waals surface area contributed by atoms with E-state index in [4.69, 9.17) is 9.97 Å². The minimum Gasteiger partial charge on any atom is -0.370 e. The van der Waals surface area contributed by atoms with Crippen LogP contribution in [0, 0.1) is 5.41 Å². The second-order valence-corrected chi connectivity index (χ2v) is 7.09. The van der Waals surface area contributed by atoms with E-state index in [1.54, 1.807) is 0 Å². The average Bonchev–Trinajstić information content (AvgIpc) is 3.12. The van der Waals surface area contributed by atoms with Crippen molar-refractivity contribution in [2.24, 2.45) is 5.41 Å². The van der Waals surface area contributed by atoms with Crippen LogP contribution in [0.15, 0.2) is 0 Å². The van der Waals surface area contributed by atoms with Gasteiger partial charge >= 0.3 is 0 Å². The molecule has 1 heterocycles. The van der Waals surface area contributed by atoms with Gasteiger partial charge in [-0.25, -0.2) is 9.97 Å². The number of nitrogens with zero attached hydrogens (tertiary/aromatic N) is 2. The van der Waals surface area contributed by atoms with Crippen LogP contribution < -0.4 is 5.32 Å². The van der Waals surface area contributed by atoms with Crippen LogP contribution in [0.3, 0.4) is 0 Å². The molecule has 0 amide bonds. The smallest absolute Gasteiger partial charge is 0.134 e. The van der Waals surface area contributed by atoms with E-state index in [0.717, 1.165) is 37.4 Å². The van der Waals surface area contributed by atoms with Gasteiger partial charge in [0.1, 0.15) is 11.6 Å². The highest BCUT2D eigenvalue weighted by atomic mass is 15.0. The van der Waals surface area contributed by atoms with Crippen LogP contribution in [0.1, 0.15) is 75.9 Å². The molecule has 3 rings (SSSR count). The molecule has 20 heavy (non-hydrogen) atoms. The molecule has 1 aromatic rings. The van der Waals surface area contributed by atoms with Gasteiger partial charge in [-0.15, -0.1) is 0 Å². The first kappa shape index (κ1) is 13.8. The van der Waals surface area contributed by atoms with Crippen LogP contribution in [-0.2, 0) is 12.8 Å². The van der Waals surface area contributed by atoms with Crippen molar-refractivity contribution in [2.75, 3.05) is 11.9 Å². The third kappa shape index (κ3) is 2.68. The van der Waals surface area contributed by atoms with Gasteiger partial charge < -0.3 is 5.32 Å². The molecule has 1 N–H and O–H groups in total. The predicted octanol–water partition coefficient (Wildman–Crippen LogP) is 4.08. The van der Waals surface area contributed by atoms with Crippen LogP contribution in [0.2, 0.25) is 0 Å². The van der Waals surface area contributed by atoms with Gasteiger partial charge in [-0.1, -0.05) is 27.2 Å². The lowest BCUT2D eigenvalue weighted by atomic mass is 10.1. The monoisotopic (exact) mass is 273 g/mol. The quantitative estimate of drug-likeness (QED) is 0.840. The number of anilines is 1. The van der Waals surface area contributed by atoms with Crippen molar-refractivity contribution >= 4 is 5.82 Å². The van der Waals surface area contributed by atoms with Gasteiger partial charge in [-0.05, 0) is 43.9 Å². The summed E-state index contributed by atoms with van der Waals surface area (Å²) in [6, 6.07) is 0. The molecule has 2 aliphatic rings. The second-order valence-electron chi connectivity index (χ2n) is 7.09. The summed E-state index contributed by atoms with van der Waals surface area (Å²) in [5.74, 6) is 2.80. The summed E-state index contributed by atoms with van der Waals surface area (Å²) in [4.78, 5) is 9.85. The van der Waals surface area contributed by atoms with E-state index in [0.29, 0.717) is 11.3 Å². The maximum Gasteiger partial charge on any atom is 0.134 e. The number of fused-ring (bicyclic) bond motifs is 1. The van der Waals surface area contributed by atoms with Gasteiger partial charge in [0.15, 0.2) is 0 Å². The SMILES string of the molecule is CCCNc1nc(C2CC2(C)C)nc2c1CCCCC2. The second kappa shape index (κ2) is 5.34. The van der Waals surface area contributed by atoms with Crippen molar-refractivity contribution in [2.45, 2.75) is 71.6 Å². The van der Waals surface area contributed by atoms with Crippen LogP contribution in [0.5, 0.6) is 0 Å². The van der Waals surface area contributed by atoms with Crippen LogP contribution >= 0.6 is 0 Å². The minimum absolute atomic E-state index is 0.404. The van der Waals surface area contributed by atoms with Gasteiger partial charge in [0, 0.05) is 23.7 Å². The fraction of sp³-hybridized carbons (Fsp3) is 0.765. The Hall–Kier alpha value is -1.12. The van der Waals surface area contributed by atoms with Gasteiger partial charge in [0.25, 0.3) is 0 Å². The molecule has 3 nitrogen and oxygen atoms in total. The predicted molar refractivity (Wildman–Crippen MR) is 83.2 cm³/mol. The maximum atomic E-state index is 4.95. The van der Waals surface area contributed by atoms with Crippen molar-refractivity contribution in [1.82, 2.24) is 9.97 Å². The molecule has 0 spiro atoms. The molecule has 1 saturated carbocycles. The molecular formula is C17H27N3. The summed E-state index contributed by atoms with van der Waals surface area (Å²) in [5, 5.41) is 3.55. The Bertz CT molecular complexity index is 493. The van der Waals surface area contributed by atoms with Gasteiger partial charge in [-0.3, -0.25) is 0 Å². The molecule has 2 aliphatic carbocycles. The van der Waals surface area contributed by atoms with Crippen molar-refractivity contribution < 1.29 is 0 Å². The lowest BCUT2D eigenvalue weighted by molar-refractivity contribution is 0.606. The third-order valence-corrected chi connectivity index (χ3v) is 4.82. The highest BCUT2D eigenvalue weighted by molar-refractivity contribution is 5.48. The molecule has 0 aliphatic heterocycles. The molecule has 0 bridgehead atoms. The van der Waals surface area contributed by atoms with Gasteiger partial charge in [0.05, 0.1) is 0 Å². The Balaban J connectivity index is 1.95. The average molecular weight is 273 g/mol.